The van der Waals surface area contributed by atoms with Crippen LogP contribution in [0, 0.1) is 6.92 Å². The van der Waals surface area contributed by atoms with Gasteiger partial charge in [0.1, 0.15) is 15.8 Å². The van der Waals surface area contributed by atoms with E-state index in [1.54, 1.807) is 55.5 Å². The van der Waals surface area contributed by atoms with E-state index in [1.807, 2.05) is 0 Å². The zero-order valence-corrected chi connectivity index (χ0v) is 24.0. The number of carbonyl (C=O) groups excluding carboxylic acids is 2. The van der Waals surface area contributed by atoms with E-state index in [0.29, 0.717) is 17.1 Å². The number of benzene rings is 4. The number of aryl methyl sites for hydroxylation is 1. The number of phenolic OH excluding ortho intramolecular Hbond substituents is 1. The number of nitrogens with one attached hydrogen (secondary N) is 3. The molecule has 11 nitrogen and oxygen atoms in total. The number of aromatic hydroxyl groups is 1. The quantitative estimate of drug-likeness (QED) is 0.162. The standard InChI is InChI=1S/C26H23N5O6S.Na/c1-15-5-3-4-6-22(15)30-31-24-23(38(35,36)37)14-17-13-20(11-12-21(17)25(24)33)29-26(34)28-19-9-7-18(8-10-19)27-16(2)32;/h3-14,33H,1-2H3,(H,27,32)(H2,28,29,34)(H,35,36,37);/q;+1/p-1. The maximum absolute atomic E-state index is 12.5. The van der Waals surface area contributed by atoms with Crippen LogP contribution >= 0.6 is 0 Å². The third-order valence-corrected chi connectivity index (χ3v) is 6.26. The van der Waals surface area contributed by atoms with E-state index >= 15 is 0 Å². The number of anilines is 3. The van der Waals surface area contributed by atoms with Crippen LogP contribution in [-0.2, 0) is 14.9 Å². The summed E-state index contributed by atoms with van der Waals surface area (Å²) in [6.07, 6.45) is 0. The molecule has 13 heteroatoms. The van der Waals surface area contributed by atoms with Crippen LogP contribution in [0.5, 0.6) is 5.75 Å². The zero-order valence-electron chi connectivity index (χ0n) is 21.2. The summed E-state index contributed by atoms with van der Waals surface area (Å²) in [5.74, 6) is -0.760. The van der Waals surface area contributed by atoms with E-state index in [-0.39, 0.29) is 51.9 Å². The molecule has 0 aliphatic carbocycles. The number of fused-ring (bicyclic) bond motifs is 1. The molecule has 4 rings (SSSR count). The Morgan fingerprint density at radius 3 is 2.05 bits per heavy atom. The van der Waals surface area contributed by atoms with Crippen LogP contribution in [0.2, 0.25) is 0 Å². The maximum atomic E-state index is 12.5. The van der Waals surface area contributed by atoms with Gasteiger partial charge >= 0.3 is 35.6 Å². The number of azo groups is 1. The van der Waals surface area contributed by atoms with E-state index in [4.69, 9.17) is 0 Å². The Bertz CT molecular complexity index is 1690. The van der Waals surface area contributed by atoms with Crippen molar-refractivity contribution >= 4 is 61.3 Å². The van der Waals surface area contributed by atoms with Crippen LogP contribution in [0.25, 0.3) is 10.8 Å². The monoisotopic (exact) mass is 555 g/mol. The first-order valence-electron chi connectivity index (χ1n) is 11.2. The van der Waals surface area contributed by atoms with Crippen molar-refractivity contribution in [2.24, 2.45) is 10.2 Å². The Morgan fingerprint density at radius 1 is 0.846 bits per heavy atom. The molecule has 0 saturated carbocycles. The van der Waals surface area contributed by atoms with Crippen molar-refractivity contribution in [2.45, 2.75) is 18.7 Å². The molecular formula is C26H22N5NaO6S. The van der Waals surface area contributed by atoms with Crippen LogP contribution in [0.3, 0.4) is 0 Å². The fourth-order valence-corrected chi connectivity index (χ4v) is 4.28. The molecule has 0 atom stereocenters. The first-order valence-corrected chi connectivity index (χ1v) is 12.6. The summed E-state index contributed by atoms with van der Waals surface area (Å²) in [5.41, 5.74) is 2.03. The topological polar surface area (TPSA) is 172 Å². The molecule has 194 valence electrons. The molecule has 0 radical (unpaired) electrons. The molecule has 3 amide bonds. The van der Waals surface area contributed by atoms with Gasteiger partial charge in [-0.3, -0.25) is 4.79 Å². The van der Waals surface area contributed by atoms with Gasteiger partial charge in [-0.05, 0) is 72.5 Å². The number of phenols is 1. The first kappa shape index (κ1) is 29.7. The van der Waals surface area contributed by atoms with Gasteiger partial charge in [-0.15, -0.1) is 5.11 Å². The molecule has 0 spiro atoms. The Hall–Kier alpha value is -3.81. The summed E-state index contributed by atoms with van der Waals surface area (Å²) in [6.45, 7) is 3.17. The summed E-state index contributed by atoms with van der Waals surface area (Å²) >= 11 is 0. The van der Waals surface area contributed by atoms with Crippen LogP contribution in [0.1, 0.15) is 12.5 Å². The predicted octanol–water partition coefficient (Wildman–Crippen LogP) is 2.78. The number of rotatable bonds is 6. The third-order valence-electron chi connectivity index (χ3n) is 5.41. The Morgan fingerprint density at radius 2 is 1.44 bits per heavy atom. The van der Waals surface area contributed by atoms with E-state index in [9.17, 15) is 27.7 Å². The summed E-state index contributed by atoms with van der Waals surface area (Å²) in [7, 11) is -5.04. The predicted molar refractivity (Wildman–Crippen MR) is 142 cm³/mol. The largest absolute Gasteiger partial charge is 1.00 e. The Labute approximate surface area is 246 Å². The van der Waals surface area contributed by atoms with Crippen molar-refractivity contribution in [3.8, 4) is 5.75 Å². The van der Waals surface area contributed by atoms with Crippen molar-refractivity contribution in [1.82, 2.24) is 0 Å². The van der Waals surface area contributed by atoms with Crippen molar-refractivity contribution in [2.75, 3.05) is 16.0 Å². The SMILES string of the molecule is CC(=O)Nc1ccc(NC(=O)Nc2ccc3c(O)c(N=Nc4ccccc4C)c(S(=O)(=O)[O-])cc3c2)cc1.[Na+]. The minimum atomic E-state index is -5.04. The molecule has 0 aliphatic heterocycles. The second-order valence-electron chi connectivity index (χ2n) is 8.29. The minimum absolute atomic E-state index is 0. The summed E-state index contributed by atoms with van der Waals surface area (Å²) in [6, 6.07) is 18.2. The van der Waals surface area contributed by atoms with Gasteiger partial charge in [0.05, 0.1) is 10.6 Å². The summed E-state index contributed by atoms with van der Waals surface area (Å²) < 4.78 is 36.0. The average molecular weight is 556 g/mol. The van der Waals surface area contributed by atoms with Crippen molar-refractivity contribution in [3.05, 3.63) is 78.4 Å². The first-order chi connectivity index (χ1) is 18.0. The number of carbonyl (C=O) groups is 2. The second-order valence-corrected chi connectivity index (χ2v) is 9.63. The molecule has 4 aromatic carbocycles. The van der Waals surface area contributed by atoms with Crippen molar-refractivity contribution in [3.63, 3.8) is 0 Å². The van der Waals surface area contributed by atoms with Gasteiger partial charge in [0.15, 0.2) is 5.75 Å². The normalized spacial score (nSPS) is 11.2. The van der Waals surface area contributed by atoms with E-state index in [2.05, 4.69) is 26.2 Å². The molecular weight excluding hydrogens is 533 g/mol. The van der Waals surface area contributed by atoms with Crippen LogP contribution in [0.4, 0.5) is 33.2 Å². The van der Waals surface area contributed by atoms with Gasteiger partial charge in [0, 0.05) is 29.4 Å². The second kappa shape index (κ2) is 12.4. The van der Waals surface area contributed by atoms with Gasteiger partial charge in [-0.1, -0.05) is 18.2 Å². The van der Waals surface area contributed by atoms with Crippen molar-refractivity contribution in [1.29, 1.82) is 0 Å². The molecule has 0 saturated heterocycles. The number of amides is 3. The van der Waals surface area contributed by atoms with Gasteiger partial charge in [-0.2, -0.15) is 5.11 Å². The zero-order chi connectivity index (χ0) is 27.4. The van der Waals surface area contributed by atoms with Gasteiger partial charge in [0.2, 0.25) is 5.91 Å². The Balaban J connectivity index is 0.00000420. The van der Waals surface area contributed by atoms with E-state index in [1.165, 1.54) is 25.1 Å². The molecule has 4 aromatic rings. The van der Waals surface area contributed by atoms with E-state index < -0.39 is 32.5 Å². The van der Waals surface area contributed by atoms with Crippen LogP contribution < -0.4 is 45.5 Å². The number of hydrogen-bond donors (Lipinski definition) is 4. The molecule has 0 aliphatic rings. The van der Waals surface area contributed by atoms with Gasteiger partial charge in [-0.25, -0.2) is 13.2 Å². The molecule has 39 heavy (non-hydrogen) atoms. The van der Waals surface area contributed by atoms with Crippen LogP contribution in [-0.4, -0.2) is 30.0 Å². The molecule has 0 heterocycles. The van der Waals surface area contributed by atoms with Gasteiger partial charge < -0.3 is 25.6 Å². The smallest absolute Gasteiger partial charge is 0.744 e. The molecule has 0 bridgehead atoms. The molecule has 0 unspecified atom stereocenters. The number of urea groups is 1. The van der Waals surface area contributed by atoms with E-state index in [0.717, 1.165) is 11.6 Å². The molecule has 0 aromatic heterocycles. The van der Waals surface area contributed by atoms with Crippen LogP contribution in [0.15, 0.2) is 87.9 Å². The maximum Gasteiger partial charge on any atom is 1.00 e. The Kier molecular flexibility index (Phi) is 9.43. The summed E-state index contributed by atoms with van der Waals surface area (Å²) in [5, 5.41) is 26.9. The number of nitrogens with zero attached hydrogens (tertiary/aromatic N) is 2. The fourth-order valence-electron chi connectivity index (χ4n) is 3.63. The van der Waals surface area contributed by atoms with Crippen molar-refractivity contribution < 1.29 is 57.2 Å². The summed E-state index contributed by atoms with van der Waals surface area (Å²) in [4.78, 5) is 22.8. The minimum Gasteiger partial charge on any atom is -0.744 e. The average Bonchev–Trinajstić information content (AvgIpc) is 2.84. The molecule has 4 N–H and O–H groups in total. The van der Waals surface area contributed by atoms with Gasteiger partial charge in [0.25, 0.3) is 0 Å². The molecule has 0 fully saturated rings. The number of hydrogen-bond acceptors (Lipinski definition) is 8. The third kappa shape index (κ3) is 7.40. The fraction of sp³-hybridized carbons (Fsp3) is 0.0769.